The van der Waals surface area contributed by atoms with Crippen LogP contribution in [-0.2, 0) is 11.2 Å². The summed E-state index contributed by atoms with van der Waals surface area (Å²) >= 11 is 6.10. The molecule has 3 aromatic carbocycles. The lowest BCUT2D eigenvalue weighted by Gasteiger charge is -2.17. The molecule has 2 N–H and O–H groups in total. The second-order valence-corrected chi connectivity index (χ2v) is 9.68. The predicted octanol–water partition coefficient (Wildman–Crippen LogP) is 7.68. The summed E-state index contributed by atoms with van der Waals surface area (Å²) in [5.74, 6) is -1.82. The standard InChI is InChI=1S/C30H31ClF3NO5/c1-2-3-4-5-6-17-39-27-16-13-23(31)19-25(27)28(36)35-26(29(37)38)18-20-7-9-21(10-8-20)22-11-14-24(15-12-22)40-30(32,33)34/h7-16,19,26H,2-6,17-18H2,1H3,(H,35,36)(H,37,38)/t26-/m0/s1. The Balaban J connectivity index is 1.64. The van der Waals surface area contributed by atoms with Gasteiger partial charge in [-0.05, 0) is 53.4 Å². The van der Waals surface area contributed by atoms with E-state index in [1.54, 1.807) is 36.4 Å². The van der Waals surface area contributed by atoms with Crippen LogP contribution >= 0.6 is 11.6 Å². The fourth-order valence-corrected chi connectivity index (χ4v) is 4.22. The highest BCUT2D eigenvalue weighted by atomic mass is 35.5. The third-order valence-corrected chi connectivity index (χ3v) is 6.35. The van der Waals surface area contributed by atoms with Crippen molar-refractivity contribution in [2.45, 2.75) is 57.9 Å². The SMILES string of the molecule is CCCCCCCOc1ccc(Cl)cc1C(=O)N[C@@H](Cc1ccc(-c2ccc(OC(F)(F)F)cc2)cc1)C(=O)O. The molecule has 0 aromatic heterocycles. The minimum absolute atomic E-state index is 0.00784. The molecule has 0 bridgehead atoms. The Bertz CT molecular complexity index is 1260. The highest BCUT2D eigenvalue weighted by Gasteiger charge is 2.31. The third-order valence-electron chi connectivity index (χ3n) is 6.11. The van der Waals surface area contributed by atoms with Crippen LogP contribution < -0.4 is 14.8 Å². The largest absolute Gasteiger partial charge is 0.573 e. The number of amides is 1. The number of carboxylic acids is 1. The Morgan fingerprint density at radius 1 is 0.925 bits per heavy atom. The highest BCUT2D eigenvalue weighted by molar-refractivity contribution is 6.31. The average molecular weight is 578 g/mol. The molecule has 0 aliphatic rings. The molecule has 0 fully saturated rings. The number of benzene rings is 3. The second kappa shape index (κ2) is 14.6. The van der Waals surface area contributed by atoms with Gasteiger partial charge in [0.2, 0.25) is 0 Å². The zero-order chi connectivity index (χ0) is 29.1. The molecule has 3 rings (SSSR count). The third kappa shape index (κ3) is 9.79. The summed E-state index contributed by atoms with van der Waals surface area (Å²) in [7, 11) is 0. The van der Waals surface area contributed by atoms with Gasteiger partial charge in [-0.25, -0.2) is 4.79 Å². The Labute approximate surface area is 236 Å². The Kier molecular flexibility index (Phi) is 11.3. The maximum atomic E-state index is 13.1. The summed E-state index contributed by atoms with van der Waals surface area (Å²) in [6.07, 6.45) is 0.487. The lowest BCUT2D eigenvalue weighted by atomic mass is 10.0. The fourth-order valence-electron chi connectivity index (χ4n) is 4.05. The van der Waals surface area contributed by atoms with E-state index in [-0.39, 0.29) is 17.7 Å². The van der Waals surface area contributed by atoms with Gasteiger partial charge in [-0.15, -0.1) is 13.2 Å². The van der Waals surface area contributed by atoms with E-state index in [0.29, 0.717) is 34.1 Å². The van der Waals surface area contributed by atoms with Crippen molar-refractivity contribution < 1.29 is 37.3 Å². The number of nitrogens with one attached hydrogen (secondary N) is 1. The Morgan fingerprint density at radius 2 is 1.55 bits per heavy atom. The van der Waals surface area contributed by atoms with Crippen LogP contribution in [0.2, 0.25) is 5.02 Å². The molecular formula is C30H31ClF3NO5. The molecule has 0 aliphatic carbocycles. The molecule has 0 saturated heterocycles. The molecule has 0 spiro atoms. The van der Waals surface area contributed by atoms with Crippen molar-refractivity contribution >= 4 is 23.5 Å². The minimum atomic E-state index is -4.77. The van der Waals surface area contributed by atoms with Crippen molar-refractivity contribution in [3.63, 3.8) is 0 Å². The molecule has 0 aliphatic heterocycles. The van der Waals surface area contributed by atoms with E-state index in [9.17, 15) is 27.9 Å². The normalized spacial score (nSPS) is 12.0. The van der Waals surface area contributed by atoms with E-state index in [1.165, 1.54) is 30.3 Å². The van der Waals surface area contributed by atoms with Gasteiger partial charge in [-0.3, -0.25) is 4.79 Å². The number of hydrogen-bond acceptors (Lipinski definition) is 4. The molecule has 214 valence electrons. The number of ether oxygens (including phenoxy) is 2. The minimum Gasteiger partial charge on any atom is -0.493 e. The zero-order valence-corrected chi connectivity index (χ0v) is 22.7. The van der Waals surface area contributed by atoms with Crippen molar-refractivity contribution in [1.29, 1.82) is 0 Å². The van der Waals surface area contributed by atoms with Gasteiger partial charge in [-0.1, -0.05) is 80.6 Å². The van der Waals surface area contributed by atoms with Crippen LogP contribution in [0.5, 0.6) is 11.5 Å². The molecule has 0 saturated carbocycles. The first-order valence-corrected chi connectivity index (χ1v) is 13.3. The number of carbonyl (C=O) groups excluding carboxylic acids is 1. The Hall–Kier alpha value is -3.72. The number of halogens is 4. The van der Waals surface area contributed by atoms with Crippen LogP contribution in [0, 0.1) is 0 Å². The summed E-state index contributed by atoms with van der Waals surface area (Å²) < 4.78 is 46.8. The quantitative estimate of drug-likeness (QED) is 0.192. The first-order valence-electron chi connectivity index (χ1n) is 13.0. The number of rotatable bonds is 14. The smallest absolute Gasteiger partial charge is 0.493 e. The van der Waals surface area contributed by atoms with Crippen molar-refractivity contribution in [1.82, 2.24) is 5.32 Å². The number of aliphatic carboxylic acids is 1. The summed E-state index contributed by atoms with van der Waals surface area (Å²) in [5, 5.41) is 12.6. The van der Waals surface area contributed by atoms with E-state index in [4.69, 9.17) is 16.3 Å². The lowest BCUT2D eigenvalue weighted by Crippen LogP contribution is -2.42. The maximum Gasteiger partial charge on any atom is 0.573 e. The van der Waals surface area contributed by atoms with Gasteiger partial charge in [0, 0.05) is 11.4 Å². The molecule has 1 amide bonds. The molecule has 0 heterocycles. The molecule has 1 atom stereocenters. The molecule has 6 nitrogen and oxygen atoms in total. The van der Waals surface area contributed by atoms with Crippen LogP contribution in [0.15, 0.2) is 66.7 Å². The molecule has 10 heteroatoms. The monoisotopic (exact) mass is 577 g/mol. The second-order valence-electron chi connectivity index (χ2n) is 9.24. The van der Waals surface area contributed by atoms with Crippen molar-refractivity contribution in [3.8, 4) is 22.6 Å². The van der Waals surface area contributed by atoms with Crippen LogP contribution in [0.25, 0.3) is 11.1 Å². The summed E-state index contributed by atoms with van der Waals surface area (Å²) in [5.41, 5.74) is 2.17. The number of carboxylic acid groups (broad SMARTS) is 1. The van der Waals surface area contributed by atoms with Crippen molar-refractivity contribution in [2.75, 3.05) is 6.61 Å². The molecule has 0 unspecified atom stereocenters. The molecule has 3 aromatic rings. The van der Waals surface area contributed by atoms with E-state index in [2.05, 4.69) is 17.0 Å². The van der Waals surface area contributed by atoms with Gasteiger partial charge >= 0.3 is 12.3 Å². The average Bonchev–Trinajstić information content (AvgIpc) is 2.91. The number of unbranched alkanes of at least 4 members (excludes halogenated alkanes) is 4. The maximum absolute atomic E-state index is 13.1. The summed E-state index contributed by atoms with van der Waals surface area (Å²) in [6.45, 7) is 2.57. The zero-order valence-electron chi connectivity index (χ0n) is 22.0. The van der Waals surface area contributed by atoms with Crippen LogP contribution in [-0.4, -0.2) is 36.0 Å². The summed E-state index contributed by atoms with van der Waals surface area (Å²) in [6, 6.07) is 15.7. The van der Waals surface area contributed by atoms with Gasteiger partial charge in [0.25, 0.3) is 5.91 Å². The number of hydrogen-bond donors (Lipinski definition) is 2. The Morgan fingerprint density at radius 3 is 2.15 bits per heavy atom. The lowest BCUT2D eigenvalue weighted by molar-refractivity contribution is -0.274. The highest BCUT2D eigenvalue weighted by Crippen LogP contribution is 2.27. The number of carbonyl (C=O) groups is 2. The fraction of sp³-hybridized carbons (Fsp3) is 0.333. The van der Waals surface area contributed by atoms with Crippen LogP contribution in [0.4, 0.5) is 13.2 Å². The molecular weight excluding hydrogens is 547 g/mol. The molecule has 40 heavy (non-hydrogen) atoms. The summed E-state index contributed by atoms with van der Waals surface area (Å²) in [4.78, 5) is 25.0. The van der Waals surface area contributed by atoms with Gasteiger partial charge in [0.05, 0.1) is 12.2 Å². The molecule has 0 radical (unpaired) electrons. The van der Waals surface area contributed by atoms with E-state index in [1.807, 2.05) is 0 Å². The van der Waals surface area contributed by atoms with Crippen LogP contribution in [0.3, 0.4) is 0 Å². The van der Waals surface area contributed by atoms with Gasteiger partial charge in [0.1, 0.15) is 17.5 Å². The van der Waals surface area contributed by atoms with Gasteiger partial charge < -0.3 is 19.9 Å². The van der Waals surface area contributed by atoms with Crippen LogP contribution in [0.1, 0.15) is 54.9 Å². The predicted molar refractivity (Wildman–Crippen MR) is 147 cm³/mol. The van der Waals surface area contributed by atoms with Crippen molar-refractivity contribution in [3.05, 3.63) is 82.9 Å². The van der Waals surface area contributed by atoms with Gasteiger partial charge in [0.15, 0.2) is 0 Å². The van der Waals surface area contributed by atoms with E-state index >= 15 is 0 Å². The first-order chi connectivity index (χ1) is 19.1. The topological polar surface area (TPSA) is 84.9 Å². The van der Waals surface area contributed by atoms with E-state index in [0.717, 1.165) is 32.1 Å². The first kappa shape index (κ1) is 30.8. The number of alkyl halides is 3. The van der Waals surface area contributed by atoms with Gasteiger partial charge in [-0.2, -0.15) is 0 Å². The van der Waals surface area contributed by atoms with Crippen molar-refractivity contribution in [2.24, 2.45) is 0 Å². The van der Waals surface area contributed by atoms with E-state index < -0.39 is 24.3 Å².